The molecule has 0 aromatic rings. The van der Waals surface area contributed by atoms with Gasteiger partial charge >= 0.3 is 0 Å². The zero-order valence-electron chi connectivity index (χ0n) is 9.54. The minimum Gasteiger partial charge on any atom is -0.393 e. The highest BCUT2D eigenvalue weighted by molar-refractivity contribution is 4.71. The second-order valence-electron chi connectivity index (χ2n) is 4.44. The molecule has 0 spiro atoms. The highest BCUT2D eigenvalue weighted by atomic mass is 16.5. The maximum absolute atomic E-state index is 9.86. The molecule has 0 aromatic heterocycles. The van der Waals surface area contributed by atoms with Crippen molar-refractivity contribution in [2.75, 3.05) is 6.61 Å². The molecule has 2 atom stereocenters. The van der Waals surface area contributed by atoms with E-state index in [1.54, 1.807) is 0 Å². The molecule has 0 bridgehead atoms. The Balaban J connectivity index is 2.16. The van der Waals surface area contributed by atoms with Gasteiger partial charge in [-0.05, 0) is 31.6 Å². The Kier molecular flexibility index (Phi) is 5.49. The van der Waals surface area contributed by atoms with Gasteiger partial charge in [0.2, 0.25) is 0 Å². The Labute approximate surface area is 87.7 Å². The van der Waals surface area contributed by atoms with Crippen LogP contribution in [0, 0.1) is 5.92 Å². The fraction of sp³-hybridized carbons (Fsp3) is 1.00. The summed E-state index contributed by atoms with van der Waals surface area (Å²) < 4.78 is 5.51. The smallest absolute Gasteiger partial charge is 0.0600 e. The quantitative estimate of drug-likeness (QED) is 0.714. The molecular weight excluding hydrogens is 176 g/mol. The summed E-state index contributed by atoms with van der Waals surface area (Å²) in [4.78, 5) is 0. The van der Waals surface area contributed by atoms with Crippen molar-refractivity contribution < 1.29 is 9.84 Å². The van der Waals surface area contributed by atoms with E-state index in [1.165, 1.54) is 19.3 Å². The summed E-state index contributed by atoms with van der Waals surface area (Å²) in [5.41, 5.74) is 0. The SMILES string of the molecule is CCC(CC)CC(O)CC1CCCO1. The van der Waals surface area contributed by atoms with Crippen molar-refractivity contribution in [3.8, 4) is 0 Å². The Morgan fingerprint density at radius 1 is 1.36 bits per heavy atom. The maximum Gasteiger partial charge on any atom is 0.0600 e. The molecule has 1 heterocycles. The standard InChI is InChI=1S/C12H24O2/c1-3-10(4-2)8-11(13)9-12-6-5-7-14-12/h10-13H,3-9H2,1-2H3. The van der Waals surface area contributed by atoms with Crippen molar-refractivity contribution in [3.63, 3.8) is 0 Å². The zero-order valence-corrected chi connectivity index (χ0v) is 9.54. The lowest BCUT2D eigenvalue weighted by Crippen LogP contribution is -2.19. The number of ether oxygens (including phenoxy) is 1. The first-order chi connectivity index (χ1) is 6.76. The van der Waals surface area contributed by atoms with Crippen LogP contribution in [0.4, 0.5) is 0 Å². The maximum atomic E-state index is 9.86. The van der Waals surface area contributed by atoms with Gasteiger partial charge in [-0.3, -0.25) is 0 Å². The molecule has 2 unspecified atom stereocenters. The predicted molar refractivity (Wildman–Crippen MR) is 58.3 cm³/mol. The average molecular weight is 200 g/mol. The van der Waals surface area contributed by atoms with Crippen LogP contribution in [0.3, 0.4) is 0 Å². The van der Waals surface area contributed by atoms with Crippen molar-refractivity contribution in [2.45, 2.75) is 64.6 Å². The molecule has 1 rings (SSSR count). The normalized spacial score (nSPS) is 24.4. The molecule has 0 aliphatic carbocycles. The van der Waals surface area contributed by atoms with Crippen LogP contribution in [0.1, 0.15) is 52.4 Å². The topological polar surface area (TPSA) is 29.5 Å². The molecule has 2 heteroatoms. The summed E-state index contributed by atoms with van der Waals surface area (Å²) in [6.45, 7) is 5.29. The minimum atomic E-state index is -0.150. The van der Waals surface area contributed by atoms with Crippen LogP contribution in [-0.4, -0.2) is 23.9 Å². The first-order valence-corrected chi connectivity index (χ1v) is 6.05. The lowest BCUT2D eigenvalue weighted by molar-refractivity contribution is 0.0431. The van der Waals surface area contributed by atoms with Gasteiger partial charge in [-0.25, -0.2) is 0 Å². The first kappa shape index (κ1) is 12.0. The molecule has 0 saturated carbocycles. The van der Waals surface area contributed by atoms with Crippen LogP contribution in [0.5, 0.6) is 0 Å². The molecule has 1 fully saturated rings. The highest BCUT2D eigenvalue weighted by Gasteiger charge is 2.20. The predicted octanol–water partition coefficient (Wildman–Crippen LogP) is 2.74. The third kappa shape index (κ3) is 3.97. The second kappa shape index (κ2) is 6.41. The summed E-state index contributed by atoms with van der Waals surface area (Å²) in [5, 5.41) is 9.86. The van der Waals surface area contributed by atoms with Gasteiger partial charge in [-0.15, -0.1) is 0 Å². The highest BCUT2D eigenvalue weighted by Crippen LogP contribution is 2.22. The third-order valence-corrected chi connectivity index (χ3v) is 3.32. The van der Waals surface area contributed by atoms with Gasteiger partial charge in [0.05, 0.1) is 12.2 Å². The number of rotatable bonds is 6. The average Bonchev–Trinajstić information content (AvgIpc) is 2.66. The van der Waals surface area contributed by atoms with E-state index >= 15 is 0 Å². The molecule has 1 saturated heterocycles. The summed E-state index contributed by atoms with van der Waals surface area (Å²) in [5.74, 6) is 0.686. The Morgan fingerprint density at radius 2 is 2.07 bits per heavy atom. The van der Waals surface area contributed by atoms with E-state index in [1.807, 2.05) is 0 Å². The van der Waals surface area contributed by atoms with E-state index < -0.39 is 0 Å². The summed E-state index contributed by atoms with van der Waals surface area (Å²) >= 11 is 0. The summed E-state index contributed by atoms with van der Waals surface area (Å²) in [6, 6.07) is 0. The second-order valence-corrected chi connectivity index (χ2v) is 4.44. The first-order valence-electron chi connectivity index (χ1n) is 6.05. The molecular formula is C12H24O2. The molecule has 1 aliphatic rings. The molecule has 1 N–H and O–H groups in total. The van der Waals surface area contributed by atoms with Crippen LogP contribution < -0.4 is 0 Å². The van der Waals surface area contributed by atoms with Gasteiger partial charge in [0, 0.05) is 6.61 Å². The Bertz CT molecular complexity index is 133. The van der Waals surface area contributed by atoms with Gasteiger partial charge in [0.25, 0.3) is 0 Å². The lowest BCUT2D eigenvalue weighted by Gasteiger charge is -2.19. The van der Waals surface area contributed by atoms with Gasteiger partial charge in [0.15, 0.2) is 0 Å². The fourth-order valence-corrected chi connectivity index (χ4v) is 2.24. The largest absolute Gasteiger partial charge is 0.393 e. The van der Waals surface area contributed by atoms with Crippen LogP contribution >= 0.6 is 0 Å². The van der Waals surface area contributed by atoms with Crippen LogP contribution in [0.25, 0.3) is 0 Å². The number of aliphatic hydroxyl groups is 1. The van der Waals surface area contributed by atoms with Gasteiger partial charge in [-0.2, -0.15) is 0 Å². The molecule has 2 nitrogen and oxygen atoms in total. The van der Waals surface area contributed by atoms with E-state index in [0.29, 0.717) is 12.0 Å². The molecule has 84 valence electrons. The molecule has 0 radical (unpaired) electrons. The van der Waals surface area contributed by atoms with Gasteiger partial charge in [0.1, 0.15) is 0 Å². The lowest BCUT2D eigenvalue weighted by atomic mass is 9.93. The molecule has 0 amide bonds. The Morgan fingerprint density at radius 3 is 2.57 bits per heavy atom. The van der Waals surface area contributed by atoms with E-state index in [0.717, 1.165) is 25.9 Å². The van der Waals surface area contributed by atoms with Crippen molar-refractivity contribution in [2.24, 2.45) is 5.92 Å². The minimum absolute atomic E-state index is 0.150. The number of hydrogen-bond acceptors (Lipinski definition) is 2. The fourth-order valence-electron chi connectivity index (χ4n) is 2.24. The van der Waals surface area contributed by atoms with Crippen molar-refractivity contribution in [1.29, 1.82) is 0 Å². The molecule has 1 aliphatic heterocycles. The van der Waals surface area contributed by atoms with Crippen LogP contribution in [0.15, 0.2) is 0 Å². The summed E-state index contributed by atoms with van der Waals surface area (Å²) in [7, 11) is 0. The number of aliphatic hydroxyl groups excluding tert-OH is 1. The summed E-state index contributed by atoms with van der Waals surface area (Å²) in [6.07, 6.45) is 6.64. The van der Waals surface area contributed by atoms with Gasteiger partial charge in [-0.1, -0.05) is 26.7 Å². The monoisotopic (exact) mass is 200 g/mol. The zero-order chi connectivity index (χ0) is 10.4. The van der Waals surface area contributed by atoms with Crippen molar-refractivity contribution in [1.82, 2.24) is 0 Å². The Hall–Kier alpha value is -0.0800. The van der Waals surface area contributed by atoms with Crippen molar-refractivity contribution >= 4 is 0 Å². The van der Waals surface area contributed by atoms with E-state index in [2.05, 4.69) is 13.8 Å². The van der Waals surface area contributed by atoms with Crippen molar-refractivity contribution in [3.05, 3.63) is 0 Å². The van der Waals surface area contributed by atoms with E-state index in [-0.39, 0.29) is 6.10 Å². The number of hydrogen-bond donors (Lipinski definition) is 1. The van der Waals surface area contributed by atoms with Crippen LogP contribution in [0.2, 0.25) is 0 Å². The van der Waals surface area contributed by atoms with E-state index in [4.69, 9.17) is 4.74 Å². The van der Waals surface area contributed by atoms with E-state index in [9.17, 15) is 5.11 Å². The molecule has 14 heavy (non-hydrogen) atoms. The van der Waals surface area contributed by atoms with Gasteiger partial charge < -0.3 is 9.84 Å². The molecule has 0 aromatic carbocycles. The third-order valence-electron chi connectivity index (χ3n) is 3.32. The van der Waals surface area contributed by atoms with Crippen LogP contribution in [-0.2, 0) is 4.74 Å².